The first kappa shape index (κ1) is 22.7. The lowest BCUT2D eigenvalue weighted by Gasteiger charge is -2.29. The third-order valence-corrected chi connectivity index (χ3v) is 5.69. The topological polar surface area (TPSA) is 74.1 Å². The maximum atomic E-state index is 13.0. The Labute approximate surface area is 179 Å². The number of carbonyl (C=O) groups is 1. The van der Waals surface area contributed by atoms with E-state index in [1.807, 2.05) is 22.7 Å². The van der Waals surface area contributed by atoms with E-state index >= 15 is 0 Å². The van der Waals surface area contributed by atoms with Crippen LogP contribution in [0.5, 0.6) is 0 Å². The van der Waals surface area contributed by atoms with E-state index in [1.54, 1.807) is 14.2 Å². The van der Waals surface area contributed by atoms with Gasteiger partial charge in [-0.15, -0.1) is 0 Å². The van der Waals surface area contributed by atoms with Crippen molar-refractivity contribution < 1.29 is 19.0 Å². The van der Waals surface area contributed by atoms with Crippen molar-refractivity contribution in [3.63, 3.8) is 0 Å². The Bertz CT molecular complexity index is 812. The Hall–Kier alpha value is -1.96. The number of carbonyl (C=O) groups excluding carboxylic acids is 1. The lowest BCUT2D eigenvalue weighted by molar-refractivity contribution is 0.0205. The first-order chi connectivity index (χ1) is 14.7. The van der Waals surface area contributed by atoms with Crippen molar-refractivity contribution in [2.24, 2.45) is 0 Å². The van der Waals surface area contributed by atoms with Crippen LogP contribution in [0.25, 0.3) is 5.65 Å². The molecule has 2 aromatic heterocycles. The molecule has 7 nitrogen and oxygen atoms in total. The average Bonchev–Trinajstić information content (AvgIpc) is 3.17. The van der Waals surface area contributed by atoms with Crippen molar-refractivity contribution in [3.05, 3.63) is 35.3 Å². The molecule has 0 atom stereocenters. The lowest BCUT2D eigenvalue weighted by Crippen LogP contribution is -2.39. The Morgan fingerprint density at radius 1 is 1.17 bits per heavy atom. The minimum absolute atomic E-state index is 0.0738. The zero-order valence-electron chi connectivity index (χ0n) is 18.5. The summed E-state index contributed by atoms with van der Waals surface area (Å²) < 4.78 is 18.5. The zero-order chi connectivity index (χ0) is 21.3. The highest BCUT2D eigenvalue weighted by Gasteiger charge is 2.24. The third kappa shape index (κ3) is 5.80. The van der Waals surface area contributed by atoms with E-state index in [1.165, 1.54) is 12.8 Å². The van der Waals surface area contributed by atoms with Crippen molar-refractivity contribution in [2.75, 3.05) is 20.8 Å². The molecule has 2 heterocycles. The second-order valence-electron chi connectivity index (χ2n) is 8.05. The van der Waals surface area contributed by atoms with E-state index in [4.69, 9.17) is 14.2 Å². The van der Waals surface area contributed by atoms with Crippen LogP contribution in [0.1, 0.15) is 73.6 Å². The van der Waals surface area contributed by atoms with E-state index in [0.717, 1.165) is 50.1 Å². The Morgan fingerprint density at radius 2 is 1.93 bits per heavy atom. The predicted octanol–water partition coefficient (Wildman–Crippen LogP) is 3.87. The second-order valence-corrected chi connectivity index (χ2v) is 8.05. The number of methoxy groups -OCH3 is 2. The first-order valence-electron chi connectivity index (χ1n) is 11.1. The van der Waals surface area contributed by atoms with Crippen LogP contribution in [0.4, 0.5) is 0 Å². The van der Waals surface area contributed by atoms with Gasteiger partial charge in [-0.3, -0.25) is 4.79 Å². The monoisotopic (exact) mass is 417 g/mol. The average molecular weight is 418 g/mol. The molecule has 2 aromatic rings. The first-order valence-corrected chi connectivity index (χ1v) is 11.1. The standard InChI is InChI=1S/C23H35N3O4/c1-4-5-6-13-30-20-9-7-17(8-10-20)25-23(27)21-11-12-26-19(16-29-3)14-18(15-28-2)24-22(21)26/h11-12,14,17,20H,4-10,13,15-16H2,1-3H3,(H,25,27). The summed E-state index contributed by atoms with van der Waals surface area (Å²) in [7, 11) is 3.29. The molecule has 3 rings (SSSR count). The van der Waals surface area contributed by atoms with Gasteiger partial charge in [-0.1, -0.05) is 19.8 Å². The van der Waals surface area contributed by atoms with Crippen molar-refractivity contribution in [2.45, 2.75) is 77.2 Å². The van der Waals surface area contributed by atoms with Gasteiger partial charge in [-0.2, -0.15) is 0 Å². The molecular formula is C23H35N3O4. The molecule has 30 heavy (non-hydrogen) atoms. The van der Waals surface area contributed by atoms with Crippen molar-refractivity contribution >= 4 is 11.6 Å². The molecule has 7 heteroatoms. The van der Waals surface area contributed by atoms with Gasteiger partial charge in [-0.25, -0.2) is 4.98 Å². The Balaban J connectivity index is 1.62. The fourth-order valence-electron chi connectivity index (χ4n) is 4.10. The number of nitrogens with one attached hydrogen (secondary N) is 1. The maximum absolute atomic E-state index is 13.0. The van der Waals surface area contributed by atoms with Crippen LogP contribution in [0, 0.1) is 0 Å². The molecule has 0 radical (unpaired) electrons. The van der Waals surface area contributed by atoms with Crippen molar-refractivity contribution in [3.8, 4) is 0 Å². The molecule has 1 saturated carbocycles. The second kappa shape index (κ2) is 11.4. The van der Waals surface area contributed by atoms with E-state index in [0.29, 0.717) is 30.5 Å². The van der Waals surface area contributed by atoms with Crippen LogP contribution < -0.4 is 5.32 Å². The van der Waals surface area contributed by atoms with Gasteiger partial charge in [0.25, 0.3) is 5.91 Å². The number of aromatic nitrogens is 2. The minimum atomic E-state index is -0.0738. The van der Waals surface area contributed by atoms with Gasteiger partial charge in [0.15, 0.2) is 0 Å². The molecule has 0 unspecified atom stereocenters. The number of nitrogens with zero attached hydrogens (tertiary/aromatic N) is 2. The molecule has 0 bridgehead atoms. The molecule has 0 spiro atoms. The summed E-state index contributed by atoms with van der Waals surface area (Å²) in [4.78, 5) is 17.6. The lowest BCUT2D eigenvalue weighted by atomic mass is 9.92. The van der Waals surface area contributed by atoms with E-state index in [9.17, 15) is 4.79 Å². The highest BCUT2D eigenvalue weighted by atomic mass is 16.5. The number of ether oxygens (including phenoxy) is 3. The number of rotatable bonds is 11. The smallest absolute Gasteiger partial charge is 0.255 e. The summed E-state index contributed by atoms with van der Waals surface area (Å²) in [6.07, 6.45) is 9.69. The van der Waals surface area contributed by atoms with E-state index in [-0.39, 0.29) is 11.9 Å². The van der Waals surface area contributed by atoms with Gasteiger partial charge in [0.1, 0.15) is 5.65 Å². The summed E-state index contributed by atoms with van der Waals surface area (Å²) in [6, 6.07) is 3.96. The normalized spacial score (nSPS) is 19.3. The molecule has 0 aliphatic heterocycles. The number of amides is 1. The van der Waals surface area contributed by atoms with Gasteiger partial charge >= 0.3 is 0 Å². The van der Waals surface area contributed by atoms with Crippen LogP contribution in [-0.4, -0.2) is 48.3 Å². The summed E-state index contributed by atoms with van der Waals surface area (Å²) in [5.74, 6) is -0.0738. The molecule has 1 amide bonds. The molecule has 0 aromatic carbocycles. The minimum Gasteiger partial charge on any atom is -0.378 e. The van der Waals surface area contributed by atoms with Crippen LogP contribution in [0.15, 0.2) is 18.3 Å². The zero-order valence-corrected chi connectivity index (χ0v) is 18.5. The van der Waals surface area contributed by atoms with Gasteiger partial charge in [0, 0.05) is 33.1 Å². The molecule has 1 aliphatic carbocycles. The number of unbranched alkanes of at least 4 members (excludes halogenated alkanes) is 2. The van der Waals surface area contributed by atoms with Gasteiger partial charge < -0.3 is 23.9 Å². The summed E-state index contributed by atoms with van der Waals surface area (Å²) in [6.45, 7) is 3.88. The van der Waals surface area contributed by atoms with Crippen LogP contribution >= 0.6 is 0 Å². The Kier molecular flexibility index (Phi) is 8.66. The largest absolute Gasteiger partial charge is 0.378 e. The van der Waals surface area contributed by atoms with Gasteiger partial charge in [-0.05, 0) is 44.2 Å². The molecule has 1 aliphatic rings. The maximum Gasteiger partial charge on any atom is 0.255 e. The predicted molar refractivity (Wildman–Crippen MR) is 116 cm³/mol. The SMILES string of the molecule is CCCCCOC1CCC(NC(=O)c2ccn3c(COC)cc(COC)nc23)CC1. The van der Waals surface area contributed by atoms with E-state index < -0.39 is 0 Å². The number of hydrogen-bond acceptors (Lipinski definition) is 5. The van der Waals surface area contributed by atoms with Crippen molar-refractivity contribution in [1.82, 2.24) is 14.7 Å². The van der Waals surface area contributed by atoms with Gasteiger partial charge in [0.05, 0.1) is 36.3 Å². The Morgan fingerprint density at radius 3 is 2.63 bits per heavy atom. The molecule has 1 N–H and O–H groups in total. The molecule has 1 fully saturated rings. The molecular weight excluding hydrogens is 382 g/mol. The fraction of sp³-hybridized carbons (Fsp3) is 0.652. The summed E-state index contributed by atoms with van der Waals surface area (Å²) in [5.41, 5.74) is 2.95. The number of hydrogen-bond donors (Lipinski definition) is 1. The summed E-state index contributed by atoms with van der Waals surface area (Å²) in [5, 5.41) is 3.20. The number of fused-ring (bicyclic) bond motifs is 1. The molecule has 166 valence electrons. The molecule has 0 saturated heterocycles. The van der Waals surface area contributed by atoms with Crippen LogP contribution in [-0.2, 0) is 27.4 Å². The van der Waals surface area contributed by atoms with Gasteiger partial charge in [0.2, 0.25) is 0 Å². The van der Waals surface area contributed by atoms with E-state index in [2.05, 4.69) is 17.2 Å². The highest BCUT2D eigenvalue weighted by Crippen LogP contribution is 2.23. The highest BCUT2D eigenvalue weighted by molar-refractivity contribution is 6.00. The quantitative estimate of drug-likeness (QED) is 0.562. The van der Waals surface area contributed by atoms with Crippen molar-refractivity contribution in [1.29, 1.82) is 0 Å². The summed E-state index contributed by atoms with van der Waals surface area (Å²) >= 11 is 0. The third-order valence-electron chi connectivity index (χ3n) is 5.69. The van der Waals surface area contributed by atoms with Crippen LogP contribution in [0.2, 0.25) is 0 Å². The van der Waals surface area contributed by atoms with Crippen LogP contribution in [0.3, 0.4) is 0 Å². The fourth-order valence-corrected chi connectivity index (χ4v) is 4.10.